The lowest BCUT2D eigenvalue weighted by Gasteiger charge is -2.10. The molecule has 1 aliphatic heterocycles. The molecule has 0 bridgehead atoms. The maximum atomic E-state index is 9.75. The number of hydrogen-bond donors (Lipinski definition) is 3. The summed E-state index contributed by atoms with van der Waals surface area (Å²) in [6.07, 6.45) is 2.36. The summed E-state index contributed by atoms with van der Waals surface area (Å²) < 4.78 is 4.84. The standard InChI is InChI=1S/C9H17O5/c10-5-1-3-8-7-9(12,14-13-8)4-2-6-11/h10-12H,1-7H2/q+1/t9-/m1/s1. The summed E-state index contributed by atoms with van der Waals surface area (Å²) in [5.74, 6) is -0.632. The zero-order valence-electron chi connectivity index (χ0n) is 8.11. The van der Waals surface area contributed by atoms with Gasteiger partial charge in [0.25, 0.3) is 0 Å². The minimum atomic E-state index is -1.28. The third kappa shape index (κ3) is 3.25. The van der Waals surface area contributed by atoms with E-state index < -0.39 is 5.79 Å². The molecule has 0 aromatic carbocycles. The van der Waals surface area contributed by atoms with Crippen molar-refractivity contribution >= 4 is 5.78 Å². The number of hydrogen-bond acceptors (Lipinski definition) is 4. The van der Waals surface area contributed by atoms with Gasteiger partial charge in [0.15, 0.2) is 0 Å². The Labute approximate surface area is 82.6 Å². The molecule has 14 heavy (non-hydrogen) atoms. The predicted octanol–water partition coefficient (Wildman–Crippen LogP) is -0.340. The Balaban J connectivity index is 2.28. The average molecular weight is 205 g/mol. The fourth-order valence-corrected chi connectivity index (χ4v) is 1.40. The Morgan fingerprint density at radius 1 is 1.29 bits per heavy atom. The van der Waals surface area contributed by atoms with Crippen LogP contribution in [0.3, 0.4) is 0 Å². The quantitative estimate of drug-likeness (QED) is 0.409. The minimum Gasteiger partial charge on any atom is -0.396 e. The van der Waals surface area contributed by atoms with Crippen molar-refractivity contribution in [1.29, 1.82) is 0 Å². The van der Waals surface area contributed by atoms with E-state index in [1.54, 1.807) is 0 Å². The van der Waals surface area contributed by atoms with E-state index in [9.17, 15) is 5.11 Å². The lowest BCUT2D eigenvalue weighted by molar-refractivity contribution is -0.778. The number of rotatable bonds is 6. The molecule has 0 radical (unpaired) electrons. The van der Waals surface area contributed by atoms with Gasteiger partial charge in [0.2, 0.25) is 0 Å². The molecular weight excluding hydrogens is 188 g/mol. The molecule has 1 atom stereocenters. The van der Waals surface area contributed by atoms with Gasteiger partial charge in [0, 0.05) is 24.2 Å². The lowest BCUT2D eigenvalue weighted by atomic mass is 10.0. The molecule has 0 unspecified atom stereocenters. The van der Waals surface area contributed by atoms with Gasteiger partial charge in [0.05, 0.1) is 6.42 Å². The van der Waals surface area contributed by atoms with Gasteiger partial charge in [0.1, 0.15) is 6.42 Å². The molecule has 0 saturated heterocycles. The van der Waals surface area contributed by atoms with Crippen molar-refractivity contribution in [3.8, 4) is 0 Å². The molecule has 1 heterocycles. The van der Waals surface area contributed by atoms with E-state index >= 15 is 0 Å². The van der Waals surface area contributed by atoms with E-state index in [0.717, 1.165) is 0 Å². The normalized spacial score (nSPS) is 26.1. The maximum Gasteiger partial charge on any atom is 0.392 e. The maximum absolute atomic E-state index is 9.75. The predicted molar refractivity (Wildman–Crippen MR) is 48.3 cm³/mol. The van der Waals surface area contributed by atoms with Crippen molar-refractivity contribution in [2.45, 2.75) is 37.9 Å². The zero-order chi connectivity index (χ0) is 10.4. The summed E-state index contributed by atoms with van der Waals surface area (Å²) in [5, 5.41) is 26.9. The minimum absolute atomic E-state index is 0.0254. The molecule has 5 nitrogen and oxygen atoms in total. The summed E-state index contributed by atoms with van der Waals surface area (Å²) in [7, 11) is 0. The van der Waals surface area contributed by atoms with E-state index in [-0.39, 0.29) is 13.2 Å². The Morgan fingerprint density at radius 2 is 2.00 bits per heavy atom. The van der Waals surface area contributed by atoms with E-state index in [4.69, 9.17) is 19.7 Å². The SMILES string of the molecule is OCCCC1=[O+]O[C@](O)(CCCO)C1. The summed E-state index contributed by atoms with van der Waals surface area (Å²) >= 11 is 0. The van der Waals surface area contributed by atoms with Crippen molar-refractivity contribution in [2.75, 3.05) is 13.2 Å². The van der Waals surface area contributed by atoms with Crippen LogP contribution in [-0.4, -0.2) is 40.1 Å². The third-order valence-corrected chi connectivity index (χ3v) is 2.13. The zero-order valence-corrected chi connectivity index (χ0v) is 8.11. The highest BCUT2D eigenvalue weighted by Crippen LogP contribution is 2.25. The van der Waals surface area contributed by atoms with Crippen LogP contribution < -0.4 is 0 Å². The second-order valence-electron chi connectivity index (χ2n) is 3.48. The Bertz CT molecular complexity index is 203. The van der Waals surface area contributed by atoms with Crippen molar-refractivity contribution < 1.29 is 24.8 Å². The van der Waals surface area contributed by atoms with Gasteiger partial charge in [-0.05, 0) is 12.8 Å². The molecule has 0 amide bonds. The highest BCUT2D eigenvalue weighted by Gasteiger charge is 2.47. The highest BCUT2D eigenvalue weighted by atomic mass is 17.2. The first-order chi connectivity index (χ1) is 6.70. The monoisotopic (exact) mass is 205 g/mol. The first-order valence-electron chi connectivity index (χ1n) is 4.85. The van der Waals surface area contributed by atoms with E-state index in [2.05, 4.69) is 0 Å². The number of aliphatic hydroxyl groups excluding tert-OH is 2. The fourth-order valence-electron chi connectivity index (χ4n) is 1.40. The molecule has 1 rings (SSSR count). The summed E-state index contributed by atoms with van der Waals surface area (Å²) in [5.41, 5.74) is 0. The van der Waals surface area contributed by atoms with Crippen LogP contribution in [0.15, 0.2) is 0 Å². The van der Waals surface area contributed by atoms with Crippen LogP contribution in [0, 0.1) is 0 Å². The topological polar surface area (TPSA) is 81.2 Å². The fraction of sp³-hybridized carbons (Fsp3) is 0.889. The Morgan fingerprint density at radius 3 is 2.64 bits per heavy atom. The average Bonchev–Trinajstić information content (AvgIpc) is 2.55. The third-order valence-electron chi connectivity index (χ3n) is 2.13. The van der Waals surface area contributed by atoms with Crippen LogP contribution in [0.2, 0.25) is 0 Å². The van der Waals surface area contributed by atoms with Crippen LogP contribution >= 0.6 is 0 Å². The van der Waals surface area contributed by atoms with Crippen molar-refractivity contribution in [3.05, 3.63) is 0 Å². The number of ketones is 1. The van der Waals surface area contributed by atoms with Gasteiger partial charge in [-0.3, -0.25) is 0 Å². The van der Waals surface area contributed by atoms with Crippen molar-refractivity contribution in [1.82, 2.24) is 0 Å². The van der Waals surface area contributed by atoms with Gasteiger partial charge < -0.3 is 15.3 Å². The number of carbonyl (C=O) groups excluding carboxylic acids is 1. The molecule has 0 fully saturated rings. The second-order valence-corrected chi connectivity index (χ2v) is 3.48. The van der Waals surface area contributed by atoms with Gasteiger partial charge in [-0.15, -0.1) is 4.89 Å². The Kier molecular flexibility index (Phi) is 4.31. The molecule has 1 aliphatic rings. The van der Waals surface area contributed by atoms with E-state index in [1.807, 2.05) is 0 Å². The van der Waals surface area contributed by atoms with Gasteiger partial charge in [-0.2, -0.15) is 0 Å². The second kappa shape index (κ2) is 5.29. The largest absolute Gasteiger partial charge is 0.396 e. The smallest absolute Gasteiger partial charge is 0.392 e. The molecule has 0 saturated carbocycles. The van der Waals surface area contributed by atoms with Gasteiger partial charge in [-0.25, -0.2) is 0 Å². The summed E-state index contributed by atoms with van der Waals surface area (Å²) in [4.78, 5) is 4.78. The van der Waals surface area contributed by atoms with E-state index in [1.165, 1.54) is 0 Å². The van der Waals surface area contributed by atoms with Crippen LogP contribution in [0.5, 0.6) is 0 Å². The van der Waals surface area contributed by atoms with Crippen LogP contribution in [0.1, 0.15) is 32.1 Å². The van der Waals surface area contributed by atoms with Crippen LogP contribution in [0.4, 0.5) is 0 Å². The molecule has 5 heteroatoms. The lowest BCUT2D eigenvalue weighted by Crippen LogP contribution is -2.29. The molecule has 0 spiro atoms. The first kappa shape index (κ1) is 11.4. The molecule has 3 N–H and O–H groups in total. The number of aliphatic hydroxyl groups is 3. The van der Waals surface area contributed by atoms with Crippen LogP contribution in [0.25, 0.3) is 0 Å². The van der Waals surface area contributed by atoms with Crippen molar-refractivity contribution in [2.24, 2.45) is 0 Å². The molecule has 0 aromatic heterocycles. The summed E-state index contributed by atoms with van der Waals surface area (Å²) in [6, 6.07) is 0. The highest BCUT2D eigenvalue weighted by molar-refractivity contribution is 5.80. The summed E-state index contributed by atoms with van der Waals surface area (Å²) in [6.45, 7) is 0.125. The first-order valence-corrected chi connectivity index (χ1v) is 4.85. The molecule has 0 aromatic rings. The van der Waals surface area contributed by atoms with Crippen molar-refractivity contribution in [3.63, 3.8) is 0 Å². The molecule has 82 valence electrons. The molecule has 0 aliphatic carbocycles. The van der Waals surface area contributed by atoms with Gasteiger partial charge in [-0.1, -0.05) is 0 Å². The van der Waals surface area contributed by atoms with E-state index in [0.29, 0.717) is 37.9 Å². The molecular formula is C9H17O5+. The van der Waals surface area contributed by atoms with Crippen LogP contribution in [-0.2, 0) is 9.46 Å². The van der Waals surface area contributed by atoms with Gasteiger partial charge >= 0.3 is 11.6 Å². The Hall–Kier alpha value is -0.650.